The standard InChI is InChI=1S/C26H49N7O4/c1-19(13-11-17-29-20(2)27)23(34)31-15-9-7-8-10-16-32-24(35)22(14-12-18-30-21(3)28)33-25(36)37-26(4,5)6/h7-8,19,22H,9-18H2,1-6H3,(H2,27,29)(H2,28,30)(H,31,34)(H,32,35)(H,33,36)/b8-7-/t19-,22-/m0/s1. The Labute approximate surface area is 222 Å². The Morgan fingerprint density at radius 2 is 1.35 bits per heavy atom. The molecule has 0 bridgehead atoms. The van der Waals surface area contributed by atoms with Crippen LogP contribution < -0.4 is 27.4 Å². The fourth-order valence-corrected chi connectivity index (χ4v) is 3.14. The van der Waals surface area contributed by atoms with E-state index in [0.29, 0.717) is 63.5 Å². The third-order valence-electron chi connectivity index (χ3n) is 5.01. The fourth-order valence-electron chi connectivity index (χ4n) is 3.14. The first-order chi connectivity index (χ1) is 17.3. The predicted molar refractivity (Wildman–Crippen MR) is 150 cm³/mol. The maximum Gasteiger partial charge on any atom is 0.408 e. The Morgan fingerprint density at radius 1 is 0.865 bits per heavy atom. The van der Waals surface area contributed by atoms with E-state index in [-0.39, 0.29) is 17.7 Å². The smallest absolute Gasteiger partial charge is 0.408 e. The molecule has 0 aliphatic carbocycles. The molecule has 212 valence electrons. The van der Waals surface area contributed by atoms with E-state index in [1.165, 1.54) is 0 Å². The number of aliphatic imine (C=N–C) groups is 2. The molecule has 7 N–H and O–H groups in total. The highest BCUT2D eigenvalue weighted by atomic mass is 16.6. The summed E-state index contributed by atoms with van der Waals surface area (Å²) in [5, 5.41) is 8.43. The number of alkyl carbamates (subject to hydrolysis) is 1. The van der Waals surface area contributed by atoms with Gasteiger partial charge in [0, 0.05) is 32.1 Å². The van der Waals surface area contributed by atoms with Crippen molar-refractivity contribution in [3.63, 3.8) is 0 Å². The van der Waals surface area contributed by atoms with Gasteiger partial charge in [0.1, 0.15) is 11.6 Å². The van der Waals surface area contributed by atoms with Crippen LogP contribution in [0.2, 0.25) is 0 Å². The molecular formula is C26H49N7O4. The summed E-state index contributed by atoms with van der Waals surface area (Å²) in [7, 11) is 0. The van der Waals surface area contributed by atoms with E-state index in [4.69, 9.17) is 16.2 Å². The number of amidine groups is 2. The number of hydrogen-bond acceptors (Lipinski definition) is 6. The molecule has 0 saturated heterocycles. The van der Waals surface area contributed by atoms with E-state index in [2.05, 4.69) is 25.9 Å². The van der Waals surface area contributed by atoms with Crippen molar-refractivity contribution in [2.24, 2.45) is 27.4 Å². The number of nitrogens with one attached hydrogen (secondary N) is 3. The predicted octanol–water partition coefficient (Wildman–Crippen LogP) is 2.40. The van der Waals surface area contributed by atoms with Gasteiger partial charge in [-0.2, -0.15) is 0 Å². The topological polar surface area (TPSA) is 173 Å². The minimum Gasteiger partial charge on any atom is -0.444 e. The Bertz CT molecular complexity index is 780. The van der Waals surface area contributed by atoms with Gasteiger partial charge in [-0.25, -0.2) is 4.79 Å². The average Bonchev–Trinajstić information content (AvgIpc) is 2.78. The molecule has 0 aliphatic heterocycles. The largest absolute Gasteiger partial charge is 0.444 e. The summed E-state index contributed by atoms with van der Waals surface area (Å²) < 4.78 is 5.28. The molecule has 0 saturated carbocycles. The lowest BCUT2D eigenvalue weighted by molar-refractivity contribution is -0.125. The molecule has 0 rings (SSSR count). The lowest BCUT2D eigenvalue weighted by atomic mass is 10.0. The van der Waals surface area contributed by atoms with Crippen LogP contribution in [-0.4, -0.2) is 67.4 Å². The Balaban J connectivity index is 4.34. The van der Waals surface area contributed by atoms with Gasteiger partial charge in [0.05, 0.1) is 11.7 Å². The molecule has 0 aromatic rings. The highest BCUT2D eigenvalue weighted by Gasteiger charge is 2.23. The van der Waals surface area contributed by atoms with Gasteiger partial charge in [-0.05, 0) is 73.1 Å². The molecule has 0 aromatic heterocycles. The molecule has 0 heterocycles. The van der Waals surface area contributed by atoms with E-state index >= 15 is 0 Å². The summed E-state index contributed by atoms with van der Waals surface area (Å²) in [6.45, 7) is 12.7. The zero-order valence-corrected chi connectivity index (χ0v) is 23.6. The molecule has 0 unspecified atom stereocenters. The van der Waals surface area contributed by atoms with E-state index < -0.39 is 17.7 Å². The summed E-state index contributed by atoms with van der Waals surface area (Å²) in [4.78, 5) is 45.2. The van der Waals surface area contributed by atoms with Crippen molar-refractivity contribution in [1.29, 1.82) is 0 Å². The number of carbonyl (C=O) groups excluding carboxylic acids is 3. The molecule has 0 spiro atoms. The van der Waals surface area contributed by atoms with Gasteiger partial charge < -0.3 is 32.2 Å². The third kappa shape index (κ3) is 20.8. The van der Waals surface area contributed by atoms with Crippen LogP contribution in [0, 0.1) is 5.92 Å². The Morgan fingerprint density at radius 3 is 1.84 bits per heavy atom. The minimum atomic E-state index is -0.726. The summed E-state index contributed by atoms with van der Waals surface area (Å²) in [6, 6.07) is -0.726. The number of carbonyl (C=O) groups is 3. The molecule has 37 heavy (non-hydrogen) atoms. The molecule has 2 atom stereocenters. The number of amides is 3. The maximum absolute atomic E-state index is 12.6. The van der Waals surface area contributed by atoms with Gasteiger partial charge in [-0.15, -0.1) is 0 Å². The maximum atomic E-state index is 12.6. The van der Waals surface area contributed by atoms with Crippen LogP contribution >= 0.6 is 0 Å². The zero-order valence-electron chi connectivity index (χ0n) is 23.6. The molecule has 0 aromatic carbocycles. The number of nitrogens with two attached hydrogens (primary N) is 2. The summed E-state index contributed by atoms with van der Waals surface area (Å²) in [6.07, 6.45) is 7.22. The molecule has 0 aliphatic rings. The van der Waals surface area contributed by atoms with Gasteiger partial charge >= 0.3 is 6.09 Å². The van der Waals surface area contributed by atoms with Crippen molar-refractivity contribution >= 4 is 29.6 Å². The monoisotopic (exact) mass is 523 g/mol. The summed E-state index contributed by atoms with van der Waals surface area (Å²) >= 11 is 0. The molecule has 11 heteroatoms. The van der Waals surface area contributed by atoms with Crippen molar-refractivity contribution in [3.8, 4) is 0 Å². The lowest BCUT2D eigenvalue weighted by Gasteiger charge is -2.23. The fraction of sp³-hybridized carbons (Fsp3) is 0.731. The quantitative estimate of drug-likeness (QED) is 0.0847. The molecule has 11 nitrogen and oxygen atoms in total. The summed E-state index contributed by atoms with van der Waals surface area (Å²) in [5.41, 5.74) is 10.4. The first-order valence-corrected chi connectivity index (χ1v) is 13.0. The Hall–Kier alpha value is -3.11. The van der Waals surface area contributed by atoms with Crippen LogP contribution in [0.1, 0.15) is 80.1 Å². The van der Waals surface area contributed by atoms with Crippen LogP contribution in [0.5, 0.6) is 0 Å². The van der Waals surface area contributed by atoms with Crippen LogP contribution in [0.3, 0.4) is 0 Å². The van der Waals surface area contributed by atoms with E-state index in [9.17, 15) is 14.4 Å². The van der Waals surface area contributed by atoms with E-state index in [1.54, 1.807) is 34.6 Å². The highest BCUT2D eigenvalue weighted by molar-refractivity contribution is 5.85. The van der Waals surface area contributed by atoms with Crippen molar-refractivity contribution in [1.82, 2.24) is 16.0 Å². The van der Waals surface area contributed by atoms with Crippen molar-refractivity contribution < 1.29 is 19.1 Å². The lowest BCUT2D eigenvalue weighted by Crippen LogP contribution is -2.48. The van der Waals surface area contributed by atoms with Gasteiger partial charge in [-0.3, -0.25) is 19.6 Å². The van der Waals surface area contributed by atoms with Crippen molar-refractivity contribution in [2.75, 3.05) is 26.2 Å². The molecule has 0 radical (unpaired) electrons. The average molecular weight is 524 g/mol. The molecule has 0 fully saturated rings. The van der Waals surface area contributed by atoms with Crippen molar-refractivity contribution in [2.45, 2.75) is 91.7 Å². The van der Waals surface area contributed by atoms with Gasteiger partial charge in [0.25, 0.3) is 0 Å². The van der Waals surface area contributed by atoms with Gasteiger partial charge in [0.2, 0.25) is 11.8 Å². The van der Waals surface area contributed by atoms with Gasteiger partial charge in [-0.1, -0.05) is 19.1 Å². The van der Waals surface area contributed by atoms with Crippen molar-refractivity contribution in [3.05, 3.63) is 12.2 Å². The van der Waals surface area contributed by atoms with E-state index in [1.807, 2.05) is 19.1 Å². The minimum absolute atomic E-state index is 0.0324. The van der Waals surface area contributed by atoms with Crippen LogP contribution in [0.25, 0.3) is 0 Å². The zero-order chi connectivity index (χ0) is 28.3. The first-order valence-electron chi connectivity index (χ1n) is 13.0. The number of hydrogen-bond donors (Lipinski definition) is 5. The van der Waals surface area contributed by atoms with E-state index in [0.717, 1.165) is 12.8 Å². The Kier molecular flexibility index (Phi) is 17.5. The van der Waals surface area contributed by atoms with Gasteiger partial charge in [0.15, 0.2) is 0 Å². The first kappa shape index (κ1) is 33.9. The third-order valence-corrected chi connectivity index (χ3v) is 5.01. The van der Waals surface area contributed by atoms with Crippen LogP contribution in [0.4, 0.5) is 4.79 Å². The normalized spacial score (nSPS) is 14.2. The SMILES string of the molecule is CC(N)=NCCC[C@H](NC(=O)OC(C)(C)C)C(=O)NCC/C=C\CCNC(=O)[C@@H](C)CCCN=C(C)N. The van der Waals surface area contributed by atoms with Crippen LogP contribution in [-0.2, 0) is 14.3 Å². The highest BCUT2D eigenvalue weighted by Crippen LogP contribution is 2.08. The molecular weight excluding hydrogens is 474 g/mol. The second-order valence-electron chi connectivity index (χ2n) is 10.1. The second kappa shape index (κ2) is 19.1. The number of nitrogens with zero attached hydrogens (tertiary/aromatic N) is 2. The summed E-state index contributed by atoms with van der Waals surface area (Å²) in [5.74, 6) is 0.724. The second-order valence-corrected chi connectivity index (χ2v) is 10.1. The van der Waals surface area contributed by atoms with Crippen LogP contribution in [0.15, 0.2) is 22.1 Å². The number of rotatable bonds is 17. The molecule has 3 amide bonds. The number of ether oxygens (including phenoxy) is 1.